The monoisotopic (exact) mass is 458 g/mol. The zero-order valence-electron chi connectivity index (χ0n) is 18.5. The topological polar surface area (TPSA) is 84.5 Å². The maximum absolute atomic E-state index is 13.1. The third-order valence-corrected chi connectivity index (χ3v) is 6.28. The second kappa shape index (κ2) is 9.26. The van der Waals surface area contributed by atoms with Gasteiger partial charge in [0, 0.05) is 16.5 Å². The van der Waals surface area contributed by atoms with E-state index in [2.05, 4.69) is 10.0 Å². The van der Waals surface area contributed by atoms with Crippen LogP contribution in [0.5, 0.6) is 5.75 Å². The van der Waals surface area contributed by atoms with Crippen LogP contribution in [-0.4, -0.2) is 26.0 Å². The number of hydrogen-bond donors (Lipinski definition) is 2. The van der Waals surface area contributed by atoms with E-state index in [9.17, 15) is 17.6 Å². The van der Waals surface area contributed by atoms with E-state index in [0.29, 0.717) is 17.0 Å². The molecule has 1 amide bonds. The van der Waals surface area contributed by atoms with Gasteiger partial charge in [0.25, 0.3) is 0 Å². The van der Waals surface area contributed by atoms with Crippen LogP contribution in [0.25, 0.3) is 10.8 Å². The Hall–Kier alpha value is -2.97. The fourth-order valence-electron chi connectivity index (χ4n) is 3.29. The highest BCUT2D eigenvalue weighted by molar-refractivity contribution is 7.88. The van der Waals surface area contributed by atoms with Crippen LogP contribution >= 0.6 is 0 Å². The molecule has 0 spiro atoms. The van der Waals surface area contributed by atoms with Gasteiger partial charge in [0.15, 0.2) is 0 Å². The lowest BCUT2D eigenvalue weighted by atomic mass is 10.0. The SMILES string of the molecule is CC(C)Oc1ccc(NC(=O)C(C)(C)NS(=O)(=O)Cc2ccc(F)cc2)c2ccccc12. The summed E-state index contributed by atoms with van der Waals surface area (Å²) in [5.74, 6) is -0.625. The fraction of sp³-hybridized carbons (Fsp3) is 0.292. The van der Waals surface area contributed by atoms with Crippen LogP contribution in [0.4, 0.5) is 10.1 Å². The summed E-state index contributed by atoms with van der Waals surface area (Å²) < 4.78 is 46.6. The van der Waals surface area contributed by atoms with Crippen LogP contribution in [0.2, 0.25) is 0 Å². The van der Waals surface area contributed by atoms with Crippen LogP contribution < -0.4 is 14.8 Å². The van der Waals surface area contributed by atoms with Crippen LogP contribution in [0, 0.1) is 5.82 Å². The average Bonchev–Trinajstić information content (AvgIpc) is 2.70. The molecule has 2 N–H and O–H groups in total. The number of sulfonamides is 1. The molecular formula is C24H27FN2O4S. The number of anilines is 1. The summed E-state index contributed by atoms with van der Waals surface area (Å²) in [6, 6.07) is 16.2. The van der Waals surface area contributed by atoms with E-state index in [4.69, 9.17) is 4.74 Å². The number of ether oxygens (including phenoxy) is 1. The second-order valence-corrected chi connectivity index (χ2v) is 10.1. The Balaban J connectivity index is 1.79. The zero-order chi connectivity index (χ0) is 23.5. The van der Waals surface area contributed by atoms with Gasteiger partial charge in [0.2, 0.25) is 15.9 Å². The Morgan fingerprint density at radius 2 is 1.62 bits per heavy atom. The van der Waals surface area contributed by atoms with Crippen molar-refractivity contribution in [2.75, 3.05) is 5.32 Å². The number of carbonyl (C=O) groups excluding carboxylic acids is 1. The molecule has 8 heteroatoms. The molecule has 0 aromatic heterocycles. The summed E-state index contributed by atoms with van der Waals surface area (Å²) >= 11 is 0. The number of halogens is 1. The molecule has 0 bridgehead atoms. The van der Waals surface area contributed by atoms with Crippen molar-refractivity contribution in [3.05, 3.63) is 72.0 Å². The minimum atomic E-state index is -3.86. The Morgan fingerprint density at radius 3 is 2.25 bits per heavy atom. The molecule has 0 saturated heterocycles. The van der Waals surface area contributed by atoms with Crippen molar-refractivity contribution < 1.29 is 22.3 Å². The van der Waals surface area contributed by atoms with Crippen LogP contribution in [0.3, 0.4) is 0 Å². The largest absolute Gasteiger partial charge is 0.490 e. The number of amides is 1. The number of hydrogen-bond acceptors (Lipinski definition) is 4. The first-order chi connectivity index (χ1) is 15.0. The Labute approximate surface area is 187 Å². The van der Waals surface area contributed by atoms with Crippen LogP contribution in [0.15, 0.2) is 60.7 Å². The lowest BCUT2D eigenvalue weighted by Crippen LogP contribution is -2.52. The molecule has 0 saturated carbocycles. The standard InChI is InChI=1S/C24H27FN2O4S/c1-16(2)31-22-14-13-21(19-7-5-6-8-20(19)22)26-23(28)24(3,4)27-32(29,30)15-17-9-11-18(25)12-10-17/h5-14,16,27H,15H2,1-4H3,(H,26,28). The van der Waals surface area contributed by atoms with Crippen molar-refractivity contribution in [3.63, 3.8) is 0 Å². The van der Waals surface area contributed by atoms with E-state index in [-0.39, 0.29) is 11.9 Å². The number of carbonyl (C=O) groups is 1. The van der Waals surface area contributed by atoms with Gasteiger partial charge in [-0.2, -0.15) is 4.72 Å². The first-order valence-electron chi connectivity index (χ1n) is 10.2. The Kier molecular flexibility index (Phi) is 6.85. The molecule has 3 aromatic carbocycles. The van der Waals surface area contributed by atoms with Crippen molar-refractivity contribution in [1.29, 1.82) is 0 Å². The molecule has 6 nitrogen and oxygen atoms in total. The van der Waals surface area contributed by atoms with Crippen molar-refractivity contribution in [1.82, 2.24) is 4.72 Å². The minimum Gasteiger partial charge on any atom is -0.490 e. The van der Waals surface area contributed by atoms with E-state index in [1.54, 1.807) is 12.1 Å². The van der Waals surface area contributed by atoms with E-state index in [1.807, 2.05) is 38.1 Å². The van der Waals surface area contributed by atoms with Gasteiger partial charge < -0.3 is 10.1 Å². The molecule has 0 aliphatic heterocycles. The molecule has 0 aliphatic rings. The predicted molar refractivity (Wildman–Crippen MR) is 125 cm³/mol. The Morgan fingerprint density at radius 1 is 1.00 bits per heavy atom. The van der Waals surface area contributed by atoms with E-state index in [1.165, 1.54) is 38.1 Å². The average molecular weight is 459 g/mol. The van der Waals surface area contributed by atoms with Gasteiger partial charge in [-0.25, -0.2) is 12.8 Å². The van der Waals surface area contributed by atoms with Gasteiger partial charge in [0.05, 0.1) is 11.9 Å². The van der Waals surface area contributed by atoms with Crippen molar-refractivity contribution in [3.8, 4) is 5.75 Å². The highest BCUT2D eigenvalue weighted by Gasteiger charge is 2.33. The van der Waals surface area contributed by atoms with Gasteiger partial charge in [0.1, 0.15) is 17.1 Å². The molecular weight excluding hydrogens is 431 g/mol. The summed E-state index contributed by atoms with van der Waals surface area (Å²) in [5, 5.41) is 4.45. The summed E-state index contributed by atoms with van der Waals surface area (Å²) in [6.45, 7) is 6.85. The van der Waals surface area contributed by atoms with Crippen LogP contribution in [-0.2, 0) is 20.6 Å². The molecule has 0 unspecified atom stereocenters. The first kappa shape index (κ1) is 23.7. The van der Waals surface area contributed by atoms with E-state index >= 15 is 0 Å². The van der Waals surface area contributed by atoms with Gasteiger partial charge in [-0.15, -0.1) is 0 Å². The van der Waals surface area contributed by atoms with Gasteiger partial charge in [-0.3, -0.25) is 4.79 Å². The summed E-state index contributed by atoms with van der Waals surface area (Å²) in [7, 11) is -3.86. The first-order valence-corrected chi connectivity index (χ1v) is 11.9. The van der Waals surface area contributed by atoms with Gasteiger partial charge in [-0.05, 0) is 57.5 Å². The second-order valence-electron chi connectivity index (χ2n) is 8.39. The number of nitrogens with one attached hydrogen (secondary N) is 2. The van der Waals surface area contributed by atoms with E-state index in [0.717, 1.165) is 10.8 Å². The van der Waals surface area contributed by atoms with Crippen molar-refractivity contribution in [2.45, 2.75) is 45.1 Å². The fourth-order valence-corrected chi connectivity index (χ4v) is 4.86. The normalized spacial score (nSPS) is 12.2. The molecule has 0 radical (unpaired) electrons. The number of fused-ring (bicyclic) bond motifs is 1. The van der Waals surface area contributed by atoms with E-state index < -0.39 is 27.3 Å². The molecule has 0 aliphatic carbocycles. The third-order valence-electron chi connectivity index (χ3n) is 4.74. The maximum Gasteiger partial charge on any atom is 0.245 e. The summed E-state index contributed by atoms with van der Waals surface area (Å²) in [5.41, 5.74) is -0.457. The Bertz CT molecular complexity index is 1220. The molecule has 32 heavy (non-hydrogen) atoms. The molecule has 3 rings (SSSR count). The highest BCUT2D eigenvalue weighted by Crippen LogP contribution is 2.32. The zero-order valence-corrected chi connectivity index (χ0v) is 19.3. The summed E-state index contributed by atoms with van der Waals surface area (Å²) in [4.78, 5) is 13.0. The molecule has 0 fully saturated rings. The third kappa shape index (κ3) is 5.83. The minimum absolute atomic E-state index is 0.00621. The quantitative estimate of drug-likeness (QED) is 0.517. The van der Waals surface area contributed by atoms with Crippen molar-refractivity contribution in [2.24, 2.45) is 0 Å². The molecule has 0 heterocycles. The van der Waals surface area contributed by atoms with Gasteiger partial charge in [-0.1, -0.05) is 36.4 Å². The molecule has 170 valence electrons. The maximum atomic E-state index is 13.1. The summed E-state index contributed by atoms with van der Waals surface area (Å²) in [6.07, 6.45) is -0.00621. The van der Waals surface area contributed by atoms with Gasteiger partial charge >= 0.3 is 0 Å². The predicted octanol–water partition coefficient (Wildman–Crippen LogP) is 4.60. The number of rotatable bonds is 8. The number of benzene rings is 3. The molecule has 0 atom stereocenters. The smallest absolute Gasteiger partial charge is 0.245 e. The molecule has 3 aromatic rings. The van der Waals surface area contributed by atoms with Crippen molar-refractivity contribution >= 4 is 32.4 Å². The lowest BCUT2D eigenvalue weighted by molar-refractivity contribution is -0.120. The highest BCUT2D eigenvalue weighted by atomic mass is 32.2. The lowest BCUT2D eigenvalue weighted by Gasteiger charge is -2.25. The van der Waals surface area contributed by atoms with Crippen LogP contribution in [0.1, 0.15) is 33.3 Å².